The number of phosphoric acid groups is 2. The van der Waals surface area contributed by atoms with Crippen molar-refractivity contribution in [1.82, 2.24) is 0 Å². The van der Waals surface area contributed by atoms with Crippen LogP contribution in [0.15, 0.2) is 0 Å². The number of rotatable bonds is 4. The van der Waals surface area contributed by atoms with Crippen LogP contribution in [0.25, 0.3) is 0 Å². The van der Waals surface area contributed by atoms with E-state index < -0.39 is 26.0 Å². The van der Waals surface area contributed by atoms with E-state index in [4.69, 9.17) is 19.6 Å². The second kappa shape index (κ2) is 8.58. The molecule has 0 aromatic heterocycles. The van der Waals surface area contributed by atoms with Gasteiger partial charge in [-0.25, -0.2) is 9.13 Å². The molecule has 0 rings (SSSR count). The Labute approximate surface area is 170 Å². The van der Waals surface area contributed by atoms with E-state index in [1.165, 1.54) is 0 Å². The third-order valence-electron chi connectivity index (χ3n) is 0.377. The summed E-state index contributed by atoms with van der Waals surface area (Å²) in [6, 6.07) is 0. The van der Waals surface area contributed by atoms with Gasteiger partial charge in [0.15, 0.2) is 0 Å². The molecule has 0 aliphatic heterocycles. The summed E-state index contributed by atoms with van der Waals surface area (Å²) in [5, 5.41) is 0. The van der Waals surface area contributed by atoms with Gasteiger partial charge in [0, 0.05) is 0 Å². The summed E-state index contributed by atoms with van der Waals surface area (Å²) in [5.74, 6) is 0. The molecule has 4 N–H and O–H groups in total. The molecule has 0 saturated carbocycles. The third kappa shape index (κ3) is 17.4. The maximum absolute atomic E-state index is 10.2. The first-order chi connectivity index (χ1) is 5.41. The van der Waals surface area contributed by atoms with Gasteiger partial charge < -0.3 is 19.6 Å². The minimum absolute atomic E-state index is 0. The molecule has 0 unspecified atom stereocenters. The fourth-order valence-electron chi connectivity index (χ4n) is 0.251. The fourth-order valence-corrected chi connectivity index (χ4v) is 2.51. The van der Waals surface area contributed by atoms with E-state index >= 15 is 0 Å². The van der Waals surface area contributed by atoms with Gasteiger partial charge in [0.2, 0.25) is 0 Å². The maximum atomic E-state index is 10.2. The van der Waals surface area contributed by atoms with E-state index in [-0.39, 0.29) is 103 Å². The van der Waals surface area contributed by atoms with Crippen molar-refractivity contribution in [3.05, 3.63) is 0 Å². The van der Waals surface area contributed by atoms with Gasteiger partial charge in [-0.15, -0.1) is 7.94 Å². The molecule has 0 aromatic rings. The van der Waals surface area contributed by atoms with Crippen molar-refractivity contribution in [1.29, 1.82) is 0 Å². The van der Waals surface area contributed by atoms with Gasteiger partial charge in [-0.05, 0) is 0 Å². The molecule has 0 atom stereocenters. The van der Waals surface area contributed by atoms with E-state index in [9.17, 15) is 17.5 Å². The van der Waals surface area contributed by atoms with Crippen molar-refractivity contribution in [3.63, 3.8) is 0 Å². The Kier molecular flexibility index (Phi) is 13.5. The summed E-state index contributed by atoms with van der Waals surface area (Å²) in [7, 11) is -16.3. The van der Waals surface area contributed by atoms with Gasteiger partial charge in [-0.2, -0.15) is 8.42 Å². The van der Waals surface area contributed by atoms with Gasteiger partial charge in [0.1, 0.15) is 0 Å². The van der Waals surface area contributed by atoms with Crippen LogP contribution in [0.1, 0.15) is 0 Å². The molecule has 0 fully saturated rings. The van der Waals surface area contributed by atoms with Gasteiger partial charge in [0.05, 0.1) is 0 Å². The predicted octanol–water partition coefficient (Wildman–Crippen LogP) is -2.85. The number of hydrogen-bond donors (Lipinski definition) is 4. The Morgan fingerprint density at radius 3 is 1.13 bits per heavy atom. The van der Waals surface area contributed by atoms with E-state index in [0.717, 1.165) is 0 Å². The molecule has 15 heavy (non-hydrogen) atoms. The Balaban J connectivity index is -0.000000720. The predicted molar refractivity (Wildman–Crippen MR) is 49.5 cm³/mol. The van der Waals surface area contributed by atoms with Crippen LogP contribution in [-0.4, -0.2) is 131 Å². The minimum atomic E-state index is -5.43. The van der Waals surface area contributed by atoms with Gasteiger partial charge >= 0.3 is 129 Å². The molecule has 0 radical (unpaired) electrons. The first-order valence-corrected chi connectivity index (χ1v) is 6.59. The standard InChI is InChI=1S/2K.H4O10P2S.2H/c;;1-11(2,3)9-13(7,8)10-12(4,5)6;;/h;;(H2,1,2,3)(H2,4,5,6);;. The quantitative estimate of drug-likeness (QED) is 0.309. The SMILES string of the molecule is O=P(O)(O)OS(=O)(=O)OP(=O)(O)O.[KH].[KH]. The van der Waals surface area contributed by atoms with Crippen LogP contribution in [0, 0.1) is 0 Å². The average molecular weight is 338 g/mol. The van der Waals surface area contributed by atoms with Crippen LogP contribution in [0.2, 0.25) is 0 Å². The van der Waals surface area contributed by atoms with Gasteiger partial charge in [0.25, 0.3) is 0 Å². The molecular weight excluding hydrogens is 332 g/mol. The molecular formula is H6K2O10P2S. The normalized spacial score (nSPS) is 12.5. The Bertz CT molecular complexity index is 327. The zero-order chi connectivity index (χ0) is 10.9. The summed E-state index contributed by atoms with van der Waals surface area (Å²) >= 11 is 0. The molecule has 0 bridgehead atoms. The van der Waals surface area contributed by atoms with E-state index in [1.807, 2.05) is 0 Å². The molecule has 10 nitrogen and oxygen atoms in total. The van der Waals surface area contributed by atoms with Crippen LogP contribution < -0.4 is 0 Å². The monoisotopic (exact) mass is 338 g/mol. The van der Waals surface area contributed by atoms with E-state index in [2.05, 4.69) is 7.94 Å². The third-order valence-corrected chi connectivity index (χ3v) is 3.39. The summed E-state index contributed by atoms with van der Waals surface area (Å²) in [6.45, 7) is 0. The topological polar surface area (TPSA) is 168 Å². The summed E-state index contributed by atoms with van der Waals surface area (Å²) in [5.41, 5.74) is 0. The summed E-state index contributed by atoms with van der Waals surface area (Å²) in [4.78, 5) is 31.7. The fraction of sp³-hybridized carbons (Fsp3) is 0. The molecule has 15 heteroatoms. The van der Waals surface area contributed by atoms with Crippen molar-refractivity contribution in [2.75, 3.05) is 0 Å². The molecule has 0 amide bonds. The summed E-state index contributed by atoms with van der Waals surface area (Å²) in [6.07, 6.45) is 0. The average Bonchev–Trinajstić information content (AvgIpc) is 1.43. The van der Waals surface area contributed by atoms with Crippen LogP contribution in [-0.2, 0) is 27.5 Å². The van der Waals surface area contributed by atoms with Gasteiger partial charge in [-0.1, -0.05) is 0 Å². The van der Waals surface area contributed by atoms with Crippen LogP contribution in [0.4, 0.5) is 0 Å². The molecule has 0 aliphatic carbocycles. The van der Waals surface area contributed by atoms with Crippen LogP contribution in [0.3, 0.4) is 0 Å². The Morgan fingerprint density at radius 1 is 0.800 bits per heavy atom. The molecule has 0 spiro atoms. The Hall–Kier alpha value is 3.44. The van der Waals surface area contributed by atoms with Gasteiger partial charge in [-0.3, -0.25) is 0 Å². The zero-order valence-corrected chi connectivity index (χ0v) is 8.15. The van der Waals surface area contributed by atoms with Crippen molar-refractivity contribution >= 4 is 129 Å². The molecule has 84 valence electrons. The van der Waals surface area contributed by atoms with Crippen molar-refractivity contribution in [2.45, 2.75) is 0 Å². The molecule has 0 aromatic carbocycles. The van der Waals surface area contributed by atoms with E-state index in [0.29, 0.717) is 0 Å². The molecule has 0 heterocycles. The molecule has 0 aliphatic rings. The second-order valence-corrected chi connectivity index (χ2v) is 5.51. The summed E-state index contributed by atoms with van der Waals surface area (Å²) < 4.78 is 46.1. The van der Waals surface area contributed by atoms with Crippen LogP contribution in [0.5, 0.6) is 0 Å². The second-order valence-electron chi connectivity index (χ2n) is 1.54. The first-order valence-electron chi connectivity index (χ1n) is 2.20. The number of hydrogen-bond acceptors (Lipinski definition) is 6. The zero-order valence-electron chi connectivity index (χ0n) is 5.54. The van der Waals surface area contributed by atoms with Crippen molar-refractivity contribution in [2.24, 2.45) is 0 Å². The van der Waals surface area contributed by atoms with Crippen molar-refractivity contribution < 1.29 is 45.1 Å². The van der Waals surface area contributed by atoms with Crippen molar-refractivity contribution in [3.8, 4) is 0 Å². The Morgan fingerprint density at radius 2 is 1.00 bits per heavy atom. The van der Waals surface area contributed by atoms with Crippen LogP contribution >= 0.6 is 15.6 Å². The molecule has 0 saturated heterocycles. The first kappa shape index (κ1) is 23.5. The van der Waals surface area contributed by atoms with E-state index in [1.54, 1.807) is 0 Å².